The highest BCUT2D eigenvalue weighted by molar-refractivity contribution is 5.92. The molecular weight excluding hydrogens is 412 g/mol. The fourth-order valence-electron chi connectivity index (χ4n) is 4.25. The fourth-order valence-corrected chi connectivity index (χ4v) is 4.25. The van der Waals surface area contributed by atoms with Gasteiger partial charge in [0, 0.05) is 5.56 Å². The summed E-state index contributed by atoms with van der Waals surface area (Å²) in [6, 6.07) is 10.3. The third kappa shape index (κ3) is 4.36. The zero-order chi connectivity index (χ0) is 22.7. The van der Waals surface area contributed by atoms with Crippen LogP contribution in [0.1, 0.15) is 58.1 Å². The molecule has 8 heteroatoms. The van der Waals surface area contributed by atoms with E-state index in [1.807, 2.05) is 4.90 Å². The third-order valence-corrected chi connectivity index (χ3v) is 5.98. The number of nitrogens with two attached hydrogens (primary N) is 1. The molecule has 0 radical (unpaired) electrons. The van der Waals surface area contributed by atoms with Gasteiger partial charge in [-0.25, -0.2) is 9.59 Å². The summed E-state index contributed by atoms with van der Waals surface area (Å²) in [6.07, 6.45) is 3.42. The number of fused-ring (bicyclic) bond motifs is 1. The lowest BCUT2D eigenvalue weighted by Crippen LogP contribution is -2.40. The SMILES string of the molecule is COC(=O)c1ccc(C(N)N2CCOc3ccc(C(=O)OC4CCCC4)cc32)c(OC)c1. The van der Waals surface area contributed by atoms with Crippen molar-refractivity contribution in [3.05, 3.63) is 53.1 Å². The molecule has 0 spiro atoms. The zero-order valence-corrected chi connectivity index (χ0v) is 18.3. The van der Waals surface area contributed by atoms with E-state index >= 15 is 0 Å². The molecule has 4 rings (SSSR count). The molecule has 0 amide bonds. The molecule has 1 aliphatic carbocycles. The maximum Gasteiger partial charge on any atom is 0.338 e. The molecule has 2 aromatic rings. The number of methoxy groups -OCH3 is 2. The van der Waals surface area contributed by atoms with Gasteiger partial charge in [0.15, 0.2) is 0 Å². The second kappa shape index (κ2) is 9.48. The van der Waals surface area contributed by atoms with E-state index in [0.29, 0.717) is 47.0 Å². The predicted molar refractivity (Wildman–Crippen MR) is 118 cm³/mol. The summed E-state index contributed by atoms with van der Waals surface area (Å²) in [5.41, 5.74) is 8.89. The molecule has 1 heterocycles. The first-order valence-corrected chi connectivity index (χ1v) is 10.8. The molecule has 32 heavy (non-hydrogen) atoms. The summed E-state index contributed by atoms with van der Waals surface area (Å²) in [7, 11) is 2.85. The Morgan fingerprint density at radius 1 is 1.06 bits per heavy atom. The molecule has 1 fully saturated rings. The lowest BCUT2D eigenvalue weighted by atomic mass is 10.0. The zero-order valence-electron chi connectivity index (χ0n) is 18.3. The number of carbonyl (C=O) groups is 2. The number of ether oxygens (including phenoxy) is 4. The Labute approximate surface area is 187 Å². The van der Waals surface area contributed by atoms with Gasteiger partial charge in [-0.2, -0.15) is 0 Å². The van der Waals surface area contributed by atoms with Crippen molar-refractivity contribution in [3.8, 4) is 11.5 Å². The van der Waals surface area contributed by atoms with E-state index in [-0.39, 0.29) is 12.1 Å². The maximum atomic E-state index is 12.7. The average molecular weight is 440 g/mol. The van der Waals surface area contributed by atoms with E-state index in [4.69, 9.17) is 24.7 Å². The van der Waals surface area contributed by atoms with E-state index in [2.05, 4.69) is 0 Å². The largest absolute Gasteiger partial charge is 0.496 e. The van der Waals surface area contributed by atoms with Crippen LogP contribution in [0.25, 0.3) is 0 Å². The van der Waals surface area contributed by atoms with E-state index in [9.17, 15) is 9.59 Å². The van der Waals surface area contributed by atoms with E-state index in [1.165, 1.54) is 14.2 Å². The van der Waals surface area contributed by atoms with Crippen molar-refractivity contribution in [1.82, 2.24) is 0 Å². The van der Waals surface area contributed by atoms with E-state index < -0.39 is 12.1 Å². The first-order chi connectivity index (χ1) is 15.5. The topological polar surface area (TPSA) is 100 Å². The monoisotopic (exact) mass is 440 g/mol. The van der Waals surface area contributed by atoms with Crippen molar-refractivity contribution < 1.29 is 28.5 Å². The van der Waals surface area contributed by atoms with Crippen LogP contribution in [0, 0.1) is 0 Å². The van der Waals surface area contributed by atoms with Crippen molar-refractivity contribution in [2.24, 2.45) is 5.73 Å². The van der Waals surface area contributed by atoms with Crippen molar-refractivity contribution >= 4 is 17.6 Å². The van der Waals surface area contributed by atoms with Crippen LogP contribution in [0.2, 0.25) is 0 Å². The number of hydrogen-bond acceptors (Lipinski definition) is 8. The third-order valence-electron chi connectivity index (χ3n) is 5.98. The molecule has 1 saturated carbocycles. The predicted octanol–water partition coefficient (Wildman–Crippen LogP) is 3.44. The molecule has 1 unspecified atom stereocenters. The summed E-state index contributed by atoms with van der Waals surface area (Å²) < 4.78 is 21.7. The molecule has 170 valence electrons. The summed E-state index contributed by atoms with van der Waals surface area (Å²) in [6.45, 7) is 0.978. The van der Waals surface area contributed by atoms with Gasteiger partial charge < -0.3 is 29.6 Å². The number of nitrogens with zero attached hydrogens (tertiary/aromatic N) is 1. The van der Waals surface area contributed by atoms with Gasteiger partial charge in [0.05, 0.1) is 37.6 Å². The van der Waals surface area contributed by atoms with Crippen LogP contribution in [0.4, 0.5) is 5.69 Å². The second-order valence-corrected chi connectivity index (χ2v) is 7.93. The van der Waals surface area contributed by atoms with Crippen molar-refractivity contribution in [2.45, 2.75) is 38.0 Å². The Kier molecular flexibility index (Phi) is 6.50. The van der Waals surface area contributed by atoms with Gasteiger partial charge in [0.2, 0.25) is 0 Å². The van der Waals surface area contributed by atoms with E-state index in [1.54, 1.807) is 36.4 Å². The van der Waals surface area contributed by atoms with Gasteiger partial charge in [-0.05, 0) is 56.0 Å². The maximum absolute atomic E-state index is 12.7. The Morgan fingerprint density at radius 3 is 2.50 bits per heavy atom. The van der Waals surface area contributed by atoms with Crippen molar-refractivity contribution in [2.75, 3.05) is 32.3 Å². The number of carbonyl (C=O) groups excluding carboxylic acids is 2. The van der Waals surface area contributed by atoms with Gasteiger partial charge in [-0.1, -0.05) is 6.07 Å². The quantitative estimate of drug-likeness (QED) is 0.682. The smallest absolute Gasteiger partial charge is 0.338 e. The Hall–Kier alpha value is -3.26. The average Bonchev–Trinajstić information content (AvgIpc) is 3.34. The summed E-state index contributed by atoms with van der Waals surface area (Å²) in [4.78, 5) is 26.5. The van der Waals surface area contributed by atoms with Gasteiger partial charge in [0.1, 0.15) is 30.4 Å². The van der Waals surface area contributed by atoms with Crippen LogP contribution >= 0.6 is 0 Å². The fraction of sp³-hybridized carbons (Fsp3) is 0.417. The number of hydrogen-bond donors (Lipinski definition) is 1. The molecule has 0 aromatic heterocycles. The lowest BCUT2D eigenvalue weighted by Gasteiger charge is -2.36. The molecule has 0 bridgehead atoms. The molecule has 1 atom stereocenters. The van der Waals surface area contributed by atoms with Gasteiger partial charge in [-0.15, -0.1) is 0 Å². The standard InChI is InChI=1S/C24H28N2O6/c1-29-21-14-16(23(27)30-2)7-9-18(21)22(25)26-11-12-31-20-10-8-15(13-19(20)26)24(28)32-17-5-3-4-6-17/h7-10,13-14,17,22H,3-6,11-12,25H2,1-2H3. The Balaban J connectivity index is 1.61. The Morgan fingerprint density at radius 2 is 1.78 bits per heavy atom. The number of esters is 2. The van der Waals surface area contributed by atoms with Gasteiger partial charge >= 0.3 is 11.9 Å². The first kappa shape index (κ1) is 22.0. The van der Waals surface area contributed by atoms with Crippen molar-refractivity contribution in [3.63, 3.8) is 0 Å². The molecule has 1 aliphatic heterocycles. The highest BCUT2D eigenvalue weighted by Crippen LogP contribution is 2.38. The summed E-state index contributed by atoms with van der Waals surface area (Å²) >= 11 is 0. The Bertz CT molecular complexity index is 1000. The molecule has 0 saturated heterocycles. The van der Waals surface area contributed by atoms with Gasteiger partial charge in [0.25, 0.3) is 0 Å². The minimum atomic E-state index is -0.583. The second-order valence-electron chi connectivity index (χ2n) is 7.93. The van der Waals surface area contributed by atoms with Crippen LogP contribution in [0.5, 0.6) is 11.5 Å². The van der Waals surface area contributed by atoms with E-state index in [0.717, 1.165) is 25.7 Å². The van der Waals surface area contributed by atoms with Crippen LogP contribution in [0.15, 0.2) is 36.4 Å². The number of benzene rings is 2. The lowest BCUT2D eigenvalue weighted by molar-refractivity contribution is 0.0317. The molecular formula is C24H28N2O6. The number of anilines is 1. The molecule has 2 aromatic carbocycles. The highest BCUT2D eigenvalue weighted by atomic mass is 16.5. The summed E-state index contributed by atoms with van der Waals surface area (Å²) in [5.74, 6) is 0.337. The van der Waals surface area contributed by atoms with Gasteiger partial charge in [-0.3, -0.25) is 0 Å². The van der Waals surface area contributed by atoms with Crippen LogP contribution in [0.3, 0.4) is 0 Å². The first-order valence-electron chi connectivity index (χ1n) is 10.8. The minimum absolute atomic E-state index is 0.00858. The highest BCUT2D eigenvalue weighted by Gasteiger charge is 2.28. The number of rotatable bonds is 6. The van der Waals surface area contributed by atoms with Crippen LogP contribution in [-0.4, -0.2) is 45.4 Å². The molecule has 8 nitrogen and oxygen atoms in total. The molecule has 2 N–H and O–H groups in total. The summed E-state index contributed by atoms with van der Waals surface area (Å²) in [5, 5.41) is 0. The minimum Gasteiger partial charge on any atom is -0.496 e. The van der Waals surface area contributed by atoms with Crippen molar-refractivity contribution in [1.29, 1.82) is 0 Å². The normalized spacial score (nSPS) is 16.7. The molecule has 2 aliphatic rings. The van der Waals surface area contributed by atoms with Crippen LogP contribution < -0.4 is 20.1 Å². The van der Waals surface area contributed by atoms with Crippen LogP contribution in [-0.2, 0) is 9.47 Å².